The number of carbonyl (C=O) groups is 2. The third kappa shape index (κ3) is 6.28. The Morgan fingerprint density at radius 3 is 2.50 bits per heavy atom. The van der Waals surface area contributed by atoms with E-state index in [0.717, 1.165) is 6.08 Å². The number of carbonyl (C=O) groups excluding carboxylic acids is 3. The number of rotatable bonds is 13. The second kappa shape index (κ2) is 12.3. The van der Waals surface area contributed by atoms with E-state index >= 15 is 0 Å². The summed E-state index contributed by atoms with van der Waals surface area (Å²) in [4.78, 5) is 40.7. The zero-order valence-corrected chi connectivity index (χ0v) is 17.2. The van der Waals surface area contributed by atoms with Crippen LogP contribution in [-0.2, 0) is 46.6 Å². The normalized spacial score (nSPS) is 15.7. The predicted molar refractivity (Wildman–Crippen MR) is 106 cm³/mol. The quantitative estimate of drug-likeness (QED) is 0.0609. The molecule has 0 spiro atoms. The Balaban J connectivity index is 3.45. The molecule has 0 heterocycles. The fourth-order valence-electron chi connectivity index (χ4n) is 2.56. The van der Waals surface area contributed by atoms with Crippen LogP contribution >= 0.6 is 0 Å². The number of unbranched alkanes of at least 4 members (excludes halogenated alkanes) is 1. The molecule has 0 saturated carbocycles. The van der Waals surface area contributed by atoms with E-state index in [4.69, 9.17) is 21.1 Å². The molecule has 11 nitrogen and oxygen atoms in total. The lowest BCUT2D eigenvalue weighted by Gasteiger charge is -2.42. The fraction of sp³-hybridized carbons (Fsp3) is 0.444. The Morgan fingerprint density at radius 1 is 1.30 bits per heavy atom. The Bertz CT molecular complexity index is 787. The summed E-state index contributed by atoms with van der Waals surface area (Å²) in [6.45, 7) is 1.50. The first kappa shape index (κ1) is 25.6. The SMILES string of the molecule is CCCCOC(N)(CC=C=O)[C@@](NS(=O)O)(C(=O)ON)C(=O)OCc1ccccc1. The van der Waals surface area contributed by atoms with Gasteiger partial charge in [0, 0.05) is 19.1 Å². The molecule has 30 heavy (non-hydrogen) atoms. The van der Waals surface area contributed by atoms with Crippen LogP contribution in [0.5, 0.6) is 0 Å². The standard InChI is InChI=1S/C18H25N3O8S/c1-2-3-12-28-17(19,10-7-11-22)18(16(24)29-20,21-30(25)26)15(23)27-13-14-8-5-4-6-9-14/h4-9,21H,2-3,10,12-13,19-20H2,1H3,(H,25,26)/t17?,18-/m0/s1. The highest BCUT2D eigenvalue weighted by molar-refractivity contribution is 7.77. The number of ether oxygens (including phenoxy) is 2. The molecule has 0 saturated heterocycles. The van der Waals surface area contributed by atoms with Crippen molar-refractivity contribution in [3.8, 4) is 0 Å². The molecule has 0 aliphatic carbocycles. The molecule has 0 amide bonds. The van der Waals surface area contributed by atoms with Crippen molar-refractivity contribution in [2.24, 2.45) is 11.6 Å². The van der Waals surface area contributed by atoms with Gasteiger partial charge in [-0.3, -0.25) is 4.55 Å². The molecule has 1 aromatic rings. The maximum atomic E-state index is 13.1. The Hall–Kier alpha value is -2.44. The molecule has 1 aromatic carbocycles. The monoisotopic (exact) mass is 443 g/mol. The van der Waals surface area contributed by atoms with Gasteiger partial charge in [0.1, 0.15) is 12.5 Å². The molecule has 6 N–H and O–H groups in total. The molecule has 0 aromatic heterocycles. The van der Waals surface area contributed by atoms with E-state index in [1.54, 1.807) is 30.3 Å². The highest BCUT2D eigenvalue weighted by atomic mass is 32.2. The lowest BCUT2D eigenvalue weighted by molar-refractivity contribution is -0.188. The molecule has 0 fully saturated rings. The first-order valence-electron chi connectivity index (χ1n) is 8.90. The van der Waals surface area contributed by atoms with E-state index in [-0.39, 0.29) is 13.2 Å². The first-order chi connectivity index (χ1) is 14.3. The molecular formula is C18H25N3O8S. The van der Waals surface area contributed by atoms with Crippen molar-refractivity contribution in [1.82, 2.24) is 4.72 Å². The Kier molecular flexibility index (Phi) is 10.5. The van der Waals surface area contributed by atoms with E-state index in [1.165, 1.54) is 5.94 Å². The molecule has 0 radical (unpaired) electrons. The van der Waals surface area contributed by atoms with Crippen LogP contribution in [0.15, 0.2) is 36.4 Å². The van der Waals surface area contributed by atoms with Gasteiger partial charge in [0.25, 0.3) is 5.54 Å². The van der Waals surface area contributed by atoms with Gasteiger partial charge in [-0.25, -0.2) is 18.6 Å². The summed E-state index contributed by atoms with van der Waals surface area (Å²) in [6, 6.07) is 8.44. The smallest absolute Gasteiger partial charge is 0.362 e. The highest BCUT2D eigenvalue weighted by Gasteiger charge is 2.65. The van der Waals surface area contributed by atoms with Crippen LogP contribution in [0, 0.1) is 0 Å². The minimum absolute atomic E-state index is 0.0506. The van der Waals surface area contributed by atoms with Crippen molar-refractivity contribution in [3.63, 3.8) is 0 Å². The van der Waals surface area contributed by atoms with Crippen LogP contribution in [0.1, 0.15) is 31.7 Å². The van der Waals surface area contributed by atoms with Gasteiger partial charge in [0.15, 0.2) is 5.72 Å². The zero-order valence-electron chi connectivity index (χ0n) is 16.4. The number of nitrogens with two attached hydrogens (primary N) is 2. The second-order valence-corrected chi connectivity index (χ2v) is 6.89. The van der Waals surface area contributed by atoms with E-state index in [1.807, 2.05) is 11.6 Å². The predicted octanol–water partition coefficient (Wildman–Crippen LogP) is -0.139. The molecule has 12 heteroatoms. The van der Waals surface area contributed by atoms with Crippen LogP contribution in [0.2, 0.25) is 0 Å². The average Bonchev–Trinajstić information content (AvgIpc) is 2.74. The minimum atomic E-state index is -2.96. The fourth-order valence-corrected chi connectivity index (χ4v) is 3.16. The molecule has 0 aliphatic heterocycles. The summed E-state index contributed by atoms with van der Waals surface area (Å²) in [5.74, 6) is 3.51. The number of hydrogen-bond acceptors (Lipinski definition) is 9. The van der Waals surface area contributed by atoms with E-state index in [2.05, 4.69) is 4.84 Å². The summed E-state index contributed by atoms with van der Waals surface area (Å²) in [7, 11) is 0. The highest BCUT2D eigenvalue weighted by Crippen LogP contribution is 2.30. The van der Waals surface area contributed by atoms with Gasteiger partial charge < -0.3 is 20.0 Å². The van der Waals surface area contributed by atoms with E-state index in [0.29, 0.717) is 18.4 Å². The molecule has 3 atom stereocenters. The van der Waals surface area contributed by atoms with Crippen molar-refractivity contribution in [3.05, 3.63) is 42.0 Å². The number of nitrogens with one attached hydrogen (secondary N) is 1. The topological polar surface area (TPSA) is 180 Å². The average molecular weight is 443 g/mol. The first-order valence-corrected chi connectivity index (χ1v) is 10.0. The lowest BCUT2D eigenvalue weighted by Crippen LogP contribution is -2.77. The minimum Gasteiger partial charge on any atom is -0.459 e. The summed E-state index contributed by atoms with van der Waals surface area (Å²) in [5, 5.41) is 0. The molecule has 0 bridgehead atoms. The van der Waals surface area contributed by atoms with Crippen molar-refractivity contribution in [2.45, 2.75) is 44.1 Å². The lowest BCUT2D eigenvalue weighted by atomic mass is 9.84. The van der Waals surface area contributed by atoms with Crippen LogP contribution in [0.3, 0.4) is 0 Å². The molecule has 2 unspecified atom stereocenters. The molecule has 0 aliphatic rings. The van der Waals surface area contributed by atoms with Crippen molar-refractivity contribution < 1.29 is 37.5 Å². The summed E-state index contributed by atoms with van der Waals surface area (Å²) >= 11 is -2.96. The largest absolute Gasteiger partial charge is 0.459 e. The second-order valence-electron chi connectivity index (χ2n) is 6.19. The van der Waals surface area contributed by atoms with Gasteiger partial charge in [-0.1, -0.05) is 43.7 Å². The van der Waals surface area contributed by atoms with Crippen molar-refractivity contribution in [2.75, 3.05) is 6.61 Å². The van der Waals surface area contributed by atoms with Gasteiger partial charge >= 0.3 is 11.9 Å². The maximum Gasteiger partial charge on any atom is 0.362 e. The van der Waals surface area contributed by atoms with Crippen LogP contribution < -0.4 is 16.4 Å². The van der Waals surface area contributed by atoms with Gasteiger partial charge in [0.05, 0.1) is 0 Å². The van der Waals surface area contributed by atoms with Crippen LogP contribution in [0.25, 0.3) is 0 Å². The molecular weight excluding hydrogens is 418 g/mol. The third-order valence-electron chi connectivity index (χ3n) is 4.15. The van der Waals surface area contributed by atoms with E-state index < -0.39 is 40.9 Å². The van der Waals surface area contributed by atoms with Crippen molar-refractivity contribution >= 4 is 29.1 Å². The summed E-state index contributed by atoms with van der Waals surface area (Å²) in [6.07, 6.45) is 1.45. The van der Waals surface area contributed by atoms with Gasteiger partial charge in [-0.05, 0) is 12.0 Å². The van der Waals surface area contributed by atoms with Crippen LogP contribution in [-0.4, -0.2) is 44.5 Å². The zero-order chi connectivity index (χ0) is 22.6. The van der Waals surface area contributed by atoms with Crippen molar-refractivity contribution in [1.29, 1.82) is 0 Å². The van der Waals surface area contributed by atoms with Gasteiger partial charge in [-0.2, -0.15) is 10.6 Å². The number of benzene rings is 1. The van der Waals surface area contributed by atoms with Crippen LogP contribution in [0.4, 0.5) is 0 Å². The molecule has 1 rings (SSSR count). The van der Waals surface area contributed by atoms with Gasteiger partial charge in [0.2, 0.25) is 11.3 Å². The van der Waals surface area contributed by atoms with E-state index in [9.17, 15) is 23.1 Å². The number of hydrogen-bond donors (Lipinski definition) is 4. The number of esters is 1. The maximum absolute atomic E-state index is 13.1. The summed E-state index contributed by atoms with van der Waals surface area (Å²) in [5.41, 5.74) is 1.51. The Labute approximate surface area is 176 Å². The van der Waals surface area contributed by atoms with Gasteiger partial charge in [-0.15, -0.1) is 0 Å². The Morgan fingerprint density at radius 2 is 1.97 bits per heavy atom. The third-order valence-corrected chi connectivity index (χ3v) is 4.63. The molecule has 166 valence electrons. The summed E-state index contributed by atoms with van der Waals surface area (Å²) < 4.78 is 33.6.